The quantitative estimate of drug-likeness (QED) is 0.791. The van der Waals surface area contributed by atoms with E-state index < -0.39 is 0 Å². The fraction of sp³-hybridized carbons (Fsp3) is 0.188. The maximum absolute atomic E-state index is 12.4. The zero-order chi connectivity index (χ0) is 12.7. The highest BCUT2D eigenvalue weighted by Gasteiger charge is 2.28. The number of rotatable bonds is 2. The molecule has 0 radical (unpaired) electrons. The predicted octanol–water partition coefficient (Wildman–Crippen LogP) is 4.08. The van der Waals surface area contributed by atoms with Crippen LogP contribution >= 0.6 is 11.8 Å². The fourth-order valence-electron chi connectivity index (χ4n) is 2.33. The highest BCUT2D eigenvalue weighted by Crippen LogP contribution is 2.41. The molecule has 2 aliphatic carbocycles. The summed E-state index contributed by atoms with van der Waals surface area (Å²) in [5.41, 5.74) is 4.24. The number of benzene rings is 1. The molecule has 0 spiro atoms. The van der Waals surface area contributed by atoms with Gasteiger partial charge in [0.25, 0.3) is 0 Å². The van der Waals surface area contributed by atoms with Crippen LogP contribution in [0.15, 0.2) is 46.9 Å². The van der Waals surface area contributed by atoms with Crippen LogP contribution in [0.4, 0.5) is 0 Å². The van der Waals surface area contributed by atoms with Crippen LogP contribution in [0.3, 0.4) is 0 Å². The zero-order valence-electron chi connectivity index (χ0n) is 10.4. The van der Waals surface area contributed by atoms with Crippen LogP contribution in [0, 0.1) is 0 Å². The number of hydrogen-bond acceptors (Lipinski definition) is 2. The molecular formula is C16H14OS. The van der Waals surface area contributed by atoms with Crippen molar-refractivity contribution < 1.29 is 4.79 Å². The lowest BCUT2D eigenvalue weighted by atomic mass is 9.96. The topological polar surface area (TPSA) is 17.1 Å². The van der Waals surface area contributed by atoms with Gasteiger partial charge in [0.15, 0.2) is 5.78 Å². The number of thioether (sulfide) groups is 1. The molecule has 0 amide bonds. The second-order valence-electron chi connectivity index (χ2n) is 4.75. The Kier molecular flexibility index (Phi) is 2.75. The Labute approximate surface area is 111 Å². The maximum atomic E-state index is 12.4. The van der Waals surface area contributed by atoms with Gasteiger partial charge >= 0.3 is 0 Å². The van der Waals surface area contributed by atoms with E-state index in [1.807, 2.05) is 24.3 Å². The smallest absolute Gasteiger partial charge is 0.199 e. The number of hydrogen-bond donors (Lipinski definition) is 0. The van der Waals surface area contributed by atoms with Gasteiger partial charge in [-0.3, -0.25) is 4.79 Å². The Balaban J connectivity index is 2.04. The minimum atomic E-state index is 0.169. The second-order valence-corrected chi connectivity index (χ2v) is 6.37. The van der Waals surface area contributed by atoms with Crippen molar-refractivity contribution in [3.05, 3.63) is 58.0 Å². The first-order chi connectivity index (χ1) is 8.66. The zero-order valence-corrected chi connectivity index (χ0v) is 11.3. The van der Waals surface area contributed by atoms with Gasteiger partial charge < -0.3 is 0 Å². The van der Waals surface area contributed by atoms with Crippen LogP contribution in [0.5, 0.6) is 0 Å². The molecule has 0 bridgehead atoms. The summed E-state index contributed by atoms with van der Waals surface area (Å²) in [7, 11) is 0. The third kappa shape index (κ3) is 1.77. The van der Waals surface area contributed by atoms with E-state index in [4.69, 9.17) is 0 Å². The summed E-state index contributed by atoms with van der Waals surface area (Å²) in [6, 6.07) is 8.16. The van der Waals surface area contributed by atoms with Gasteiger partial charge in [0, 0.05) is 10.8 Å². The van der Waals surface area contributed by atoms with E-state index in [-0.39, 0.29) is 5.78 Å². The Morgan fingerprint density at radius 1 is 1.06 bits per heavy atom. The Morgan fingerprint density at radius 3 is 2.61 bits per heavy atom. The number of Topliss-reactive ketones (excluding diaryl/α,β-unsaturated/α-hetero) is 1. The largest absolute Gasteiger partial charge is 0.288 e. The molecular weight excluding hydrogens is 240 g/mol. The van der Waals surface area contributed by atoms with Crippen molar-refractivity contribution in [3.63, 3.8) is 0 Å². The molecule has 2 heteroatoms. The number of fused-ring (bicyclic) bond motifs is 3. The lowest BCUT2D eigenvalue weighted by Gasteiger charge is -2.15. The molecule has 0 saturated carbocycles. The van der Waals surface area contributed by atoms with Crippen molar-refractivity contribution in [2.45, 2.75) is 19.1 Å². The van der Waals surface area contributed by atoms with Crippen molar-refractivity contribution >= 4 is 29.2 Å². The Morgan fingerprint density at radius 2 is 1.83 bits per heavy atom. The van der Waals surface area contributed by atoms with E-state index in [1.165, 1.54) is 5.56 Å². The van der Waals surface area contributed by atoms with E-state index in [2.05, 4.69) is 32.1 Å². The number of carbonyl (C=O) groups excluding carboxylic acids is 1. The lowest BCUT2D eigenvalue weighted by molar-refractivity contribution is -0.111. The molecule has 0 N–H and O–H groups in total. The minimum Gasteiger partial charge on any atom is -0.288 e. The van der Waals surface area contributed by atoms with Crippen LogP contribution in [-0.2, 0) is 4.79 Å². The van der Waals surface area contributed by atoms with Gasteiger partial charge in [-0.05, 0) is 28.9 Å². The van der Waals surface area contributed by atoms with Gasteiger partial charge in [-0.2, -0.15) is 0 Å². The summed E-state index contributed by atoms with van der Waals surface area (Å²) in [5, 5.41) is 0.430. The standard InChI is InChI=1S/C16H14OS/c1-10(2)18-15-8-7-13-12-6-4-3-5-11(12)9-14(13)16(15)17/h3-10H,1-2H3. The van der Waals surface area contributed by atoms with Crippen LogP contribution in [0.25, 0.3) is 11.6 Å². The highest BCUT2D eigenvalue weighted by atomic mass is 32.2. The van der Waals surface area contributed by atoms with Crippen LogP contribution in [-0.4, -0.2) is 11.0 Å². The third-order valence-corrected chi connectivity index (χ3v) is 4.12. The SMILES string of the molecule is CC(C)SC1=CC=C2C(=Cc3ccccc32)C1=O. The highest BCUT2D eigenvalue weighted by molar-refractivity contribution is 8.04. The third-order valence-electron chi connectivity index (χ3n) is 3.07. The normalized spacial score (nSPS) is 17.1. The van der Waals surface area contributed by atoms with Gasteiger partial charge in [-0.15, -0.1) is 11.8 Å². The Hall–Kier alpha value is -1.54. The summed E-state index contributed by atoms with van der Waals surface area (Å²) < 4.78 is 0. The van der Waals surface area contributed by atoms with Gasteiger partial charge in [-0.1, -0.05) is 44.2 Å². The van der Waals surface area contributed by atoms with Crippen molar-refractivity contribution in [1.82, 2.24) is 0 Å². The summed E-state index contributed by atoms with van der Waals surface area (Å²) in [6.45, 7) is 4.21. The molecule has 0 saturated heterocycles. The molecule has 90 valence electrons. The molecule has 0 atom stereocenters. The average Bonchev–Trinajstić information content (AvgIpc) is 2.72. The molecule has 1 nitrogen and oxygen atoms in total. The van der Waals surface area contributed by atoms with Crippen molar-refractivity contribution in [2.75, 3.05) is 0 Å². The first kappa shape index (κ1) is 11.5. The van der Waals surface area contributed by atoms with Crippen molar-refractivity contribution in [3.8, 4) is 0 Å². The van der Waals surface area contributed by atoms with E-state index in [0.717, 1.165) is 21.6 Å². The predicted molar refractivity (Wildman–Crippen MR) is 78.2 cm³/mol. The van der Waals surface area contributed by atoms with Crippen LogP contribution < -0.4 is 0 Å². The summed E-state index contributed by atoms with van der Waals surface area (Å²) in [6.07, 6.45) is 6.04. The van der Waals surface area contributed by atoms with Crippen molar-refractivity contribution in [1.29, 1.82) is 0 Å². The van der Waals surface area contributed by atoms with E-state index in [9.17, 15) is 4.79 Å². The number of carbonyl (C=O) groups is 1. The summed E-state index contributed by atoms with van der Waals surface area (Å²) in [4.78, 5) is 13.3. The van der Waals surface area contributed by atoms with Gasteiger partial charge in [0.05, 0.1) is 4.91 Å². The lowest BCUT2D eigenvalue weighted by Crippen LogP contribution is -2.08. The van der Waals surface area contributed by atoms with Gasteiger partial charge in [0.2, 0.25) is 0 Å². The summed E-state index contributed by atoms with van der Waals surface area (Å²) in [5.74, 6) is 0.169. The summed E-state index contributed by atoms with van der Waals surface area (Å²) >= 11 is 1.64. The van der Waals surface area contributed by atoms with E-state index >= 15 is 0 Å². The van der Waals surface area contributed by atoms with Crippen LogP contribution in [0.1, 0.15) is 25.0 Å². The fourth-order valence-corrected chi connectivity index (χ4v) is 3.20. The molecule has 0 unspecified atom stereocenters. The molecule has 0 aliphatic heterocycles. The maximum Gasteiger partial charge on any atom is 0.199 e. The average molecular weight is 254 g/mol. The molecule has 3 rings (SSSR count). The number of ketones is 1. The van der Waals surface area contributed by atoms with Crippen molar-refractivity contribution in [2.24, 2.45) is 0 Å². The first-order valence-electron chi connectivity index (χ1n) is 6.11. The van der Waals surface area contributed by atoms with E-state index in [0.29, 0.717) is 5.25 Å². The van der Waals surface area contributed by atoms with E-state index in [1.54, 1.807) is 11.8 Å². The molecule has 1 aromatic carbocycles. The molecule has 18 heavy (non-hydrogen) atoms. The molecule has 0 heterocycles. The second kappa shape index (κ2) is 4.29. The molecule has 0 fully saturated rings. The monoisotopic (exact) mass is 254 g/mol. The molecule has 2 aliphatic rings. The van der Waals surface area contributed by atoms with Crippen LogP contribution in [0.2, 0.25) is 0 Å². The molecule has 1 aromatic rings. The Bertz CT molecular complexity index is 618. The first-order valence-corrected chi connectivity index (χ1v) is 6.99. The number of allylic oxidation sites excluding steroid dienone is 5. The van der Waals surface area contributed by atoms with Gasteiger partial charge in [0.1, 0.15) is 0 Å². The minimum absolute atomic E-state index is 0.169. The molecule has 0 aromatic heterocycles. The van der Waals surface area contributed by atoms with Gasteiger partial charge in [-0.25, -0.2) is 0 Å².